The van der Waals surface area contributed by atoms with Crippen molar-refractivity contribution in [1.82, 2.24) is 15.1 Å². The number of rotatable bonds is 3. The Kier molecular flexibility index (Phi) is 4.95. The van der Waals surface area contributed by atoms with Crippen LogP contribution in [-0.4, -0.2) is 66.2 Å². The first kappa shape index (κ1) is 14.8. The highest BCUT2D eigenvalue weighted by Gasteiger charge is 2.33. The summed E-state index contributed by atoms with van der Waals surface area (Å²) in [7, 11) is 3.24. The van der Waals surface area contributed by atoms with Gasteiger partial charge in [0.05, 0.1) is 12.1 Å². The van der Waals surface area contributed by atoms with Crippen LogP contribution < -0.4 is 5.32 Å². The number of β-amino-alcohol motifs (C(OH)–C–C–N with tert-alkyl or cyclic N) is 1. The Bertz CT molecular complexity index is 320. The molecule has 18 heavy (non-hydrogen) atoms. The second-order valence-electron chi connectivity index (χ2n) is 5.05. The quantitative estimate of drug-likeness (QED) is 0.748. The molecule has 0 saturated carbocycles. The number of likely N-dealkylation sites (tertiary alicyclic amines) is 1. The number of amides is 3. The van der Waals surface area contributed by atoms with Crippen LogP contribution in [0.1, 0.15) is 26.2 Å². The molecule has 0 radical (unpaired) electrons. The molecular formula is C12H23N3O3. The van der Waals surface area contributed by atoms with E-state index < -0.39 is 5.60 Å². The van der Waals surface area contributed by atoms with Gasteiger partial charge in [-0.05, 0) is 19.3 Å². The second-order valence-corrected chi connectivity index (χ2v) is 5.05. The van der Waals surface area contributed by atoms with Crippen LogP contribution in [0.4, 0.5) is 4.79 Å². The van der Waals surface area contributed by atoms with Gasteiger partial charge in [0.25, 0.3) is 0 Å². The zero-order chi connectivity index (χ0) is 13.8. The molecule has 6 nitrogen and oxygen atoms in total. The highest BCUT2D eigenvalue weighted by Crippen LogP contribution is 2.23. The van der Waals surface area contributed by atoms with E-state index in [9.17, 15) is 14.7 Å². The summed E-state index contributed by atoms with van der Waals surface area (Å²) in [5.74, 6) is -0.142. The summed E-state index contributed by atoms with van der Waals surface area (Å²) in [6.07, 6.45) is 2.18. The topological polar surface area (TPSA) is 72.9 Å². The van der Waals surface area contributed by atoms with Crippen LogP contribution in [0, 0.1) is 0 Å². The fourth-order valence-electron chi connectivity index (χ4n) is 2.03. The number of hydrogen-bond donors (Lipinski definition) is 2. The molecule has 1 atom stereocenters. The van der Waals surface area contributed by atoms with Crippen LogP contribution >= 0.6 is 0 Å². The van der Waals surface area contributed by atoms with Gasteiger partial charge in [0.15, 0.2) is 0 Å². The molecule has 0 aromatic carbocycles. The predicted octanol–water partition coefficient (Wildman–Crippen LogP) is 0.0211. The van der Waals surface area contributed by atoms with Gasteiger partial charge in [-0.3, -0.25) is 4.79 Å². The average Bonchev–Trinajstić information content (AvgIpc) is 2.35. The molecule has 0 unspecified atom stereocenters. The maximum absolute atomic E-state index is 11.9. The van der Waals surface area contributed by atoms with Crippen LogP contribution in [0.25, 0.3) is 0 Å². The van der Waals surface area contributed by atoms with E-state index in [4.69, 9.17) is 0 Å². The van der Waals surface area contributed by atoms with Crippen LogP contribution in [0.15, 0.2) is 0 Å². The van der Waals surface area contributed by atoms with Gasteiger partial charge in [-0.15, -0.1) is 0 Å². The van der Waals surface area contributed by atoms with Crippen molar-refractivity contribution in [1.29, 1.82) is 0 Å². The normalized spacial score (nSPS) is 23.7. The number of hydrogen-bond acceptors (Lipinski definition) is 3. The fourth-order valence-corrected chi connectivity index (χ4v) is 2.03. The summed E-state index contributed by atoms with van der Waals surface area (Å²) in [4.78, 5) is 26.2. The van der Waals surface area contributed by atoms with E-state index in [2.05, 4.69) is 5.32 Å². The second kappa shape index (κ2) is 6.04. The minimum Gasteiger partial charge on any atom is -0.388 e. The monoisotopic (exact) mass is 257 g/mol. The van der Waals surface area contributed by atoms with Gasteiger partial charge >= 0.3 is 6.03 Å². The number of piperidine rings is 1. The van der Waals surface area contributed by atoms with Crippen LogP contribution in [0.2, 0.25) is 0 Å². The Morgan fingerprint density at radius 1 is 1.44 bits per heavy atom. The number of nitrogens with zero attached hydrogens (tertiary/aromatic N) is 2. The van der Waals surface area contributed by atoms with Gasteiger partial charge in [-0.25, -0.2) is 4.79 Å². The molecular weight excluding hydrogens is 234 g/mol. The highest BCUT2D eigenvalue weighted by atomic mass is 16.3. The third kappa shape index (κ3) is 3.87. The van der Waals surface area contributed by atoms with Crippen molar-refractivity contribution in [3.8, 4) is 0 Å². The summed E-state index contributed by atoms with van der Waals surface area (Å²) in [5.41, 5.74) is -0.764. The molecule has 0 aliphatic carbocycles. The van der Waals surface area contributed by atoms with Crippen molar-refractivity contribution in [2.75, 3.05) is 33.7 Å². The minimum atomic E-state index is -0.764. The van der Waals surface area contributed by atoms with Crippen molar-refractivity contribution in [3.05, 3.63) is 0 Å². The van der Waals surface area contributed by atoms with Crippen molar-refractivity contribution in [2.45, 2.75) is 31.8 Å². The van der Waals surface area contributed by atoms with Crippen LogP contribution in [0.5, 0.6) is 0 Å². The zero-order valence-electron chi connectivity index (χ0n) is 11.4. The molecule has 1 aliphatic rings. The lowest BCUT2D eigenvalue weighted by atomic mass is 9.90. The number of aliphatic hydroxyl groups is 1. The molecule has 3 amide bonds. The lowest BCUT2D eigenvalue weighted by molar-refractivity contribution is -0.137. The van der Waals surface area contributed by atoms with Crippen molar-refractivity contribution in [2.24, 2.45) is 0 Å². The van der Waals surface area contributed by atoms with Gasteiger partial charge in [-0.1, -0.05) is 6.92 Å². The minimum absolute atomic E-state index is 0.0171. The van der Waals surface area contributed by atoms with Gasteiger partial charge in [0.2, 0.25) is 5.91 Å². The zero-order valence-corrected chi connectivity index (χ0v) is 11.4. The van der Waals surface area contributed by atoms with Crippen LogP contribution in [0.3, 0.4) is 0 Å². The third-order valence-electron chi connectivity index (χ3n) is 3.36. The Balaban J connectivity index is 2.44. The number of urea groups is 1. The predicted molar refractivity (Wildman–Crippen MR) is 68.1 cm³/mol. The summed E-state index contributed by atoms with van der Waals surface area (Å²) < 4.78 is 0. The largest absolute Gasteiger partial charge is 0.388 e. The van der Waals surface area contributed by atoms with E-state index in [0.717, 1.165) is 12.8 Å². The summed E-state index contributed by atoms with van der Waals surface area (Å²) in [6, 6.07) is -0.286. The Morgan fingerprint density at radius 3 is 2.67 bits per heavy atom. The smallest absolute Gasteiger partial charge is 0.317 e. The molecule has 1 saturated heterocycles. The molecule has 1 rings (SSSR count). The highest BCUT2D eigenvalue weighted by molar-refractivity contribution is 5.83. The number of carbonyl (C=O) groups excluding carboxylic acids is 2. The molecule has 1 fully saturated rings. The van der Waals surface area contributed by atoms with E-state index in [-0.39, 0.29) is 18.5 Å². The van der Waals surface area contributed by atoms with Gasteiger partial charge in [-0.2, -0.15) is 0 Å². The molecule has 1 aliphatic heterocycles. The maximum Gasteiger partial charge on any atom is 0.317 e. The van der Waals surface area contributed by atoms with E-state index in [1.165, 1.54) is 4.90 Å². The third-order valence-corrected chi connectivity index (χ3v) is 3.36. The molecule has 0 bridgehead atoms. The van der Waals surface area contributed by atoms with E-state index >= 15 is 0 Å². The van der Waals surface area contributed by atoms with Crippen molar-refractivity contribution in [3.63, 3.8) is 0 Å². The Morgan fingerprint density at radius 2 is 2.11 bits per heavy atom. The standard InChI is InChI=1S/C12H23N3O3/c1-4-12(18)6-5-7-15(9-12)10(16)8-13-11(17)14(2)3/h18H,4-9H2,1-3H3,(H,13,17)/t12-/m0/s1. The van der Waals surface area contributed by atoms with Gasteiger partial charge in [0, 0.05) is 27.2 Å². The lowest BCUT2D eigenvalue weighted by Gasteiger charge is -2.38. The maximum atomic E-state index is 11.9. The SMILES string of the molecule is CC[C@]1(O)CCCN(C(=O)CNC(=O)N(C)C)C1. The van der Waals surface area contributed by atoms with E-state index in [1.807, 2.05) is 6.92 Å². The molecule has 1 heterocycles. The Hall–Kier alpha value is -1.30. The van der Waals surface area contributed by atoms with Gasteiger partial charge in [0.1, 0.15) is 0 Å². The fraction of sp³-hybridized carbons (Fsp3) is 0.833. The number of carbonyl (C=O) groups is 2. The molecule has 0 spiro atoms. The van der Waals surface area contributed by atoms with Crippen molar-refractivity contribution >= 4 is 11.9 Å². The number of nitrogens with one attached hydrogen (secondary N) is 1. The first-order valence-corrected chi connectivity index (χ1v) is 6.33. The Labute approximate surface area is 108 Å². The molecule has 104 valence electrons. The van der Waals surface area contributed by atoms with Crippen LogP contribution in [-0.2, 0) is 4.79 Å². The first-order chi connectivity index (χ1) is 8.38. The summed E-state index contributed by atoms with van der Waals surface area (Å²) in [6.45, 7) is 2.91. The first-order valence-electron chi connectivity index (χ1n) is 6.33. The lowest BCUT2D eigenvalue weighted by Crippen LogP contribution is -2.52. The summed E-state index contributed by atoms with van der Waals surface area (Å²) >= 11 is 0. The van der Waals surface area contributed by atoms with E-state index in [0.29, 0.717) is 19.5 Å². The average molecular weight is 257 g/mol. The summed E-state index contributed by atoms with van der Waals surface area (Å²) in [5, 5.41) is 12.7. The molecule has 0 aromatic rings. The van der Waals surface area contributed by atoms with Gasteiger partial charge < -0.3 is 20.2 Å². The van der Waals surface area contributed by atoms with E-state index in [1.54, 1.807) is 19.0 Å². The molecule has 2 N–H and O–H groups in total. The molecule has 0 aromatic heterocycles. The molecule has 6 heteroatoms. The van der Waals surface area contributed by atoms with Crippen molar-refractivity contribution < 1.29 is 14.7 Å².